The Morgan fingerprint density at radius 3 is 2.72 bits per heavy atom. The maximum Gasteiger partial charge on any atom is 0.140 e. The van der Waals surface area contributed by atoms with Crippen molar-refractivity contribution in [1.29, 1.82) is 0 Å². The predicted molar refractivity (Wildman–Crippen MR) is 78.3 cm³/mol. The summed E-state index contributed by atoms with van der Waals surface area (Å²) in [6, 6.07) is 3.83. The van der Waals surface area contributed by atoms with Gasteiger partial charge in [-0.05, 0) is 18.6 Å². The van der Waals surface area contributed by atoms with Crippen LogP contribution in [0.4, 0.5) is 0 Å². The molecule has 0 spiro atoms. The summed E-state index contributed by atoms with van der Waals surface area (Å²) in [6.07, 6.45) is 0.951. The van der Waals surface area contributed by atoms with Crippen molar-refractivity contribution >= 4 is 27.5 Å². The number of nitrogens with zero attached hydrogens (tertiary/aromatic N) is 1. The van der Waals surface area contributed by atoms with Crippen molar-refractivity contribution in [3.05, 3.63) is 27.2 Å². The summed E-state index contributed by atoms with van der Waals surface area (Å²) in [6.45, 7) is 6.12. The maximum atomic E-state index is 10.2. The first-order valence-corrected chi connectivity index (χ1v) is 7.44. The number of piperazine rings is 1. The van der Waals surface area contributed by atoms with E-state index in [1.54, 1.807) is 6.07 Å². The fraction of sp³-hybridized carbons (Fsp3) is 0.538. The van der Waals surface area contributed by atoms with E-state index in [4.69, 9.17) is 11.6 Å². The number of phenols is 1. The second-order valence-corrected chi connectivity index (χ2v) is 5.76. The molecule has 0 aromatic heterocycles. The summed E-state index contributed by atoms with van der Waals surface area (Å²) in [5.74, 6) is 0.205. The molecule has 0 bridgehead atoms. The van der Waals surface area contributed by atoms with Crippen molar-refractivity contribution in [2.24, 2.45) is 0 Å². The van der Waals surface area contributed by atoms with Crippen LogP contribution in [0, 0.1) is 0 Å². The molecule has 1 aliphatic heterocycles. The number of aromatic hydroxyl groups is 1. The average molecular weight is 334 g/mol. The number of nitrogens with one attached hydrogen (secondary N) is 1. The normalized spacial score (nSPS) is 18.8. The van der Waals surface area contributed by atoms with Crippen LogP contribution in [0.25, 0.3) is 0 Å². The number of phenolic OH excluding ortho intramolecular Hbond substituents is 1. The van der Waals surface area contributed by atoms with Gasteiger partial charge in [-0.3, -0.25) is 4.90 Å². The Kier molecular flexibility index (Phi) is 4.90. The van der Waals surface area contributed by atoms with E-state index >= 15 is 0 Å². The summed E-state index contributed by atoms with van der Waals surface area (Å²) in [4.78, 5) is 2.40. The van der Waals surface area contributed by atoms with Gasteiger partial charge >= 0.3 is 0 Å². The molecule has 1 heterocycles. The Bertz CT molecular complexity index is 422. The molecule has 3 nitrogen and oxygen atoms in total. The standard InChI is InChI=1S/C13H18BrClN2O/c1-2-11(17-7-5-16-6-8-17)12-9(14)3-4-10(15)13(12)18/h3-4,11,16,18H,2,5-8H2,1H3/t11-/m0/s1. The highest BCUT2D eigenvalue weighted by Gasteiger charge is 2.25. The van der Waals surface area contributed by atoms with Gasteiger partial charge in [0, 0.05) is 42.3 Å². The first-order valence-electron chi connectivity index (χ1n) is 6.26. The zero-order chi connectivity index (χ0) is 13.1. The van der Waals surface area contributed by atoms with Crippen molar-refractivity contribution < 1.29 is 5.11 Å². The predicted octanol–water partition coefficient (Wildman–Crippen LogP) is 3.16. The SMILES string of the molecule is CC[C@@H](c1c(Br)ccc(Cl)c1O)N1CCNCC1. The van der Waals surface area contributed by atoms with Crippen LogP contribution in [0.1, 0.15) is 24.9 Å². The van der Waals surface area contributed by atoms with Gasteiger partial charge in [0.15, 0.2) is 0 Å². The van der Waals surface area contributed by atoms with E-state index in [9.17, 15) is 5.11 Å². The molecular formula is C13H18BrClN2O. The van der Waals surface area contributed by atoms with Crippen molar-refractivity contribution in [3.8, 4) is 5.75 Å². The number of hydrogen-bond donors (Lipinski definition) is 2. The minimum absolute atomic E-state index is 0.205. The molecule has 1 saturated heterocycles. The lowest BCUT2D eigenvalue weighted by molar-refractivity contribution is 0.166. The molecule has 1 fully saturated rings. The minimum atomic E-state index is 0.205. The number of benzene rings is 1. The topological polar surface area (TPSA) is 35.5 Å². The molecule has 0 aliphatic carbocycles. The van der Waals surface area contributed by atoms with Crippen LogP contribution in [0.2, 0.25) is 5.02 Å². The fourth-order valence-corrected chi connectivity index (χ4v) is 3.26. The molecule has 0 saturated carbocycles. The van der Waals surface area contributed by atoms with Crippen molar-refractivity contribution in [2.45, 2.75) is 19.4 Å². The third-order valence-corrected chi connectivity index (χ3v) is 4.42. The van der Waals surface area contributed by atoms with Crippen LogP contribution >= 0.6 is 27.5 Å². The molecule has 2 N–H and O–H groups in total. The minimum Gasteiger partial charge on any atom is -0.506 e. The lowest BCUT2D eigenvalue weighted by atomic mass is 10.0. The second kappa shape index (κ2) is 6.24. The summed E-state index contributed by atoms with van der Waals surface area (Å²) >= 11 is 9.55. The summed E-state index contributed by atoms with van der Waals surface area (Å²) in [5.41, 5.74) is 0.909. The Labute approximate surface area is 121 Å². The van der Waals surface area contributed by atoms with E-state index in [0.717, 1.165) is 42.6 Å². The molecule has 18 heavy (non-hydrogen) atoms. The first-order chi connectivity index (χ1) is 8.65. The smallest absolute Gasteiger partial charge is 0.140 e. The van der Waals surface area contributed by atoms with Crippen LogP contribution < -0.4 is 5.32 Å². The number of halogens is 2. The lowest BCUT2D eigenvalue weighted by Gasteiger charge is -2.35. The van der Waals surface area contributed by atoms with Gasteiger partial charge < -0.3 is 10.4 Å². The number of hydrogen-bond acceptors (Lipinski definition) is 3. The average Bonchev–Trinajstić information content (AvgIpc) is 2.40. The third-order valence-electron chi connectivity index (χ3n) is 3.43. The highest BCUT2D eigenvalue weighted by atomic mass is 79.9. The van der Waals surface area contributed by atoms with Gasteiger partial charge in [0.2, 0.25) is 0 Å². The molecule has 0 amide bonds. The van der Waals surface area contributed by atoms with Crippen LogP contribution in [0.15, 0.2) is 16.6 Å². The molecule has 1 aromatic rings. The molecule has 1 atom stereocenters. The molecule has 100 valence electrons. The zero-order valence-corrected chi connectivity index (χ0v) is 12.8. The van der Waals surface area contributed by atoms with Gasteiger partial charge in [0.1, 0.15) is 5.75 Å². The van der Waals surface area contributed by atoms with Gasteiger partial charge in [-0.1, -0.05) is 34.5 Å². The van der Waals surface area contributed by atoms with E-state index < -0.39 is 0 Å². The summed E-state index contributed by atoms with van der Waals surface area (Å²) < 4.78 is 0.926. The first kappa shape index (κ1) is 14.1. The fourth-order valence-electron chi connectivity index (χ4n) is 2.51. The van der Waals surface area contributed by atoms with E-state index in [-0.39, 0.29) is 11.8 Å². The van der Waals surface area contributed by atoms with Gasteiger partial charge in [0.05, 0.1) is 5.02 Å². The lowest BCUT2D eigenvalue weighted by Crippen LogP contribution is -2.45. The van der Waals surface area contributed by atoms with Crippen molar-refractivity contribution in [3.63, 3.8) is 0 Å². The molecular weight excluding hydrogens is 316 g/mol. The maximum absolute atomic E-state index is 10.2. The van der Waals surface area contributed by atoms with E-state index in [1.807, 2.05) is 6.07 Å². The van der Waals surface area contributed by atoms with Gasteiger partial charge in [-0.15, -0.1) is 0 Å². The molecule has 0 radical (unpaired) electrons. The summed E-state index contributed by atoms with van der Waals surface area (Å²) in [5, 5.41) is 14.0. The Hall–Kier alpha value is -0.290. The molecule has 1 aliphatic rings. The largest absolute Gasteiger partial charge is 0.506 e. The van der Waals surface area contributed by atoms with Crippen LogP contribution in [-0.4, -0.2) is 36.2 Å². The monoisotopic (exact) mass is 332 g/mol. The van der Waals surface area contributed by atoms with Crippen LogP contribution in [0.3, 0.4) is 0 Å². The van der Waals surface area contributed by atoms with E-state index in [1.165, 1.54) is 0 Å². The zero-order valence-electron chi connectivity index (χ0n) is 10.4. The Balaban J connectivity index is 2.34. The van der Waals surface area contributed by atoms with Crippen molar-refractivity contribution in [1.82, 2.24) is 10.2 Å². The summed E-state index contributed by atoms with van der Waals surface area (Å²) in [7, 11) is 0. The quantitative estimate of drug-likeness (QED) is 0.892. The van der Waals surface area contributed by atoms with Gasteiger partial charge in [-0.2, -0.15) is 0 Å². The van der Waals surface area contributed by atoms with E-state index in [0.29, 0.717) is 5.02 Å². The van der Waals surface area contributed by atoms with Gasteiger partial charge in [-0.25, -0.2) is 0 Å². The van der Waals surface area contributed by atoms with Crippen LogP contribution in [0.5, 0.6) is 5.75 Å². The second-order valence-electron chi connectivity index (χ2n) is 4.50. The Morgan fingerprint density at radius 2 is 2.11 bits per heavy atom. The van der Waals surface area contributed by atoms with E-state index in [2.05, 4.69) is 33.1 Å². The molecule has 1 aromatic carbocycles. The Morgan fingerprint density at radius 1 is 1.44 bits per heavy atom. The molecule has 2 rings (SSSR count). The van der Waals surface area contributed by atoms with Crippen molar-refractivity contribution in [2.75, 3.05) is 26.2 Å². The number of rotatable bonds is 3. The molecule has 5 heteroatoms. The van der Waals surface area contributed by atoms with Gasteiger partial charge in [0.25, 0.3) is 0 Å². The highest BCUT2D eigenvalue weighted by molar-refractivity contribution is 9.10. The molecule has 0 unspecified atom stereocenters. The highest BCUT2D eigenvalue weighted by Crippen LogP contribution is 2.40. The third kappa shape index (κ3) is 2.82. The van der Waals surface area contributed by atoms with Crippen LogP contribution in [-0.2, 0) is 0 Å².